The second-order valence-corrected chi connectivity index (χ2v) is 6.88. The van der Waals surface area contributed by atoms with Gasteiger partial charge < -0.3 is 4.90 Å². The van der Waals surface area contributed by atoms with E-state index in [1.54, 1.807) is 17.7 Å². The summed E-state index contributed by atoms with van der Waals surface area (Å²) in [4.78, 5) is 12.5. The Hall–Kier alpha value is -1.65. The van der Waals surface area contributed by atoms with E-state index in [0.29, 0.717) is 0 Å². The molecule has 112 valence electrons. The predicted octanol–water partition coefficient (Wildman–Crippen LogP) is 5.00. The van der Waals surface area contributed by atoms with Crippen LogP contribution in [-0.4, -0.2) is 23.1 Å². The number of thiophene rings is 1. The molecule has 0 atom stereocenters. The second kappa shape index (κ2) is 5.86. The minimum Gasteiger partial charge on any atom is -0.356 e. The first-order chi connectivity index (χ1) is 10.8. The Kier molecular flexibility index (Phi) is 3.72. The van der Waals surface area contributed by atoms with Crippen molar-refractivity contribution in [2.24, 2.45) is 0 Å². The van der Waals surface area contributed by atoms with E-state index >= 15 is 0 Å². The summed E-state index contributed by atoms with van der Waals surface area (Å²) in [5, 5.41) is 4.11. The molecule has 1 fully saturated rings. The summed E-state index contributed by atoms with van der Waals surface area (Å²) in [6.45, 7) is 2.17. The number of hydrogen-bond acceptors (Lipinski definition) is 4. The summed E-state index contributed by atoms with van der Waals surface area (Å²) in [6.07, 6.45) is 5.49. The maximum Gasteiger partial charge on any atom is 0.141 e. The highest BCUT2D eigenvalue weighted by Crippen LogP contribution is 2.38. The Morgan fingerprint density at radius 1 is 1.00 bits per heavy atom. The van der Waals surface area contributed by atoms with Crippen LogP contribution in [0.4, 0.5) is 5.82 Å². The van der Waals surface area contributed by atoms with Gasteiger partial charge in [-0.05, 0) is 37.0 Å². The van der Waals surface area contributed by atoms with Gasteiger partial charge in [-0.1, -0.05) is 23.7 Å². The highest BCUT2D eigenvalue weighted by Gasteiger charge is 2.19. The van der Waals surface area contributed by atoms with Crippen LogP contribution in [0.1, 0.15) is 19.3 Å². The van der Waals surface area contributed by atoms with E-state index in [-0.39, 0.29) is 0 Å². The van der Waals surface area contributed by atoms with Crippen molar-refractivity contribution in [3.8, 4) is 11.1 Å². The molecule has 0 radical (unpaired) electrons. The van der Waals surface area contributed by atoms with Gasteiger partial charge in [0, 0.05) is 29.1 Å². The maximum atomic E-state index is 6.01. The summed E-state index contributed by atoms with van der Waals surface area (Å²) in [6, 6.07) is 8.00. The molecule has 2 aromatic heterocycles. The molecule has 0 N–H and O–H groups in total. The normalized spacial score (nSPS) is 15.4. The topological polar surface area (TPSA) is 29.0 Å². The minimum absolute atomic E-state index is 0.760. The van der Waals surface area contributed by atoms with Gasteiger partial charge in [0.15, 0.2) is 0 Å². The van der Waals surface area contributed by atoms with Gasteiger partial charge in [-0.2, -0.15) is 0 Å². The third-order valence-corrected chi connectivity index (χ3v) is 5.30. The molecule has 3 nitrogen and oxygen atoms in total. The summed E-state index contributed by atoms with van der Waals surface area (Å²) in [5.74, 6) is 1.08. The van der Waals surface area contributed by atoms with E-state index in [0.717, 1.165) is 28.8 Å². The van der Waals surface area contributed by atoms with E-state index in [2.05, 4.69) is 32.4 Å². The molecule has 1 aliphatic heterocycles. The first-order valence-corrected chi connectivity index (χ1v) is 8.82. The molecule has 4 rings (SSSR count). The molecule has 1 aromatic carbocycles. The third kappa shape index (κ3) is 2.46. The van der Waals surface area contributed by atoms with Gasteiger partial charge in [0.05, 0.1) is 5.39 Å². The Morgan fingerprint density at radius 2 is 1.77 bits per heavy atom. The van der Waals surface area contributed by atoms with Gasteiger partial charge in [-0.3, -0.25) is 0 Å². The molecular weight excluding hydrogens is 314 g/mol. The number of hydrogen-bond donors (Lipinski definition) is 0. The number of aromatic nitrogens is 2. The van der Waals surface area contributed by atoms with Crippen molar-refractivity contribution >= 4 is 39.0 Å². The first-order valence-electron chi connectivity index (χ1n) is 7.56. The third-order valence-electron chi connectivity index (χ3n) is 4.16. The van der Waals surface area contributed by atoms with Gasteiger partial charge >= 0.3 is 0 Å². The average Bonchev–Trinajstić information content (AvgIpc) is 3.00. The number of piperidine rings is 1. The highest BCUT2D eigenvalue weighted by molar-refractivity contribution is 7.17. The SMILES string of the molecule is Clc1ccc(-c2csc3ncnc(N4CCCCC4)c23)cc1. The van der Waals surface area contributed by atoms with Crippen LogP contribution >= 0.6 is 22.9 Å². The number of rotatable bonds is 2. The molecular formula is C17H16ClN3S. The Bertz CT molecular complexity index is 791. The van der Waals surface area contributed by atoms with Gasteiger partial charge in [0.25, 0.3) is 0 Å². The summed E-state index contributed by atoms with van der Waals surface area (Å²) >= 11 is 7.69. The molecule has 0 unspecified atom stereocenters. The van der Waals surface area contributed by atoms with Crippen LogP contribution in [0.3, 0.4) is 0 Å². The maximum absolute atomic E-state index is 6.01. The predicted molar refractivity (Wildman–Crippen MR) is 93.9 cm³/mol. The largest absolute Gasteiger partial charge is 0.356 e. The van der Waals surface area contributed by atoms with Crippen molar-refractivity contribution in [1.29, 1.82) is 0 Å². The van der Waals surface area contributed by atoms with E-state index in [9.17, 15) is 0 Å². The fourth-order valence-corrected chi connectivity index (χ4v) is 4.08. The molecule has 1 aliphatic rings. The number of halogens is 1. The van der Waals surface area contributed by atoms with Crippen LogP contribution in [0.2, 0.25) is 5.02 Å². The molecule has 0 aliphatic carbocycles. The van der Waals surface area contributed by atoms with Crippen molar-refractivity contribution < 1.29 is 0 Å². The van der Waals surface area contributed by atoms with Crippen molar-refractivity contribution in [3.05, 3.63) is 41.0 Å². The van der Waals surface area contributed by atoms with Crippen molar-refractivity contribution in [3.63, 3.8) is 0 Å². The van der Waals surface area contributed by atoms with E-state index in [1.165, 1.54) is 35.8 Å². The smallest absolute Gasteiger partial charge is 0.141 e. The lowest BCUT2D eigenvalue weighted by molar-refractivity contribution is 0.574. The monoisotopic (exact) mass is 329 g/mol. The molecule has 3 heterocycles. The van der Waals surface area contributed by atoms with Crippen LogP contribution in [0.5, 0.6) is 0 Å². The molecule has 0 spiro atoms. The molecule has 0 saturated carbocycles. The fourth-order valence-electron chi connectivity index (χ4n) is 3.05. The highest BCUT2D eigenvalue weighted by atomic mass is 35.5. The van der Waals surface area contributed by atoms with Crippen LogP contribution < -0.4 is 4.90 Å². The van der Waals surface area contributed by atoms with Crippen LogP contribution in [0, 0.1) is 0 Å². The fraction of sp³-hybridized carbons (Fsp3) is 0.294. The van der Waals surface area contributed by atoms with E-state index in [4.69, 9.17) is 11.6 Å². The molecule has 22 heavy (non-hydrogen) atoms. The lowest BCUT2D eigenvalue weighted by Crippen LogP contribution is -2.30. The molecule has 1 saturated heterocycles. The van der Waals surface area contributed by atoms with Gasteiger partial charge in [-0.25, -0.2) is 9.97 Å². The van der Waals surface area contributed by atoms with E-state index < -0.39 is 0 Å². The summed E-state index contributed by atoms with van der Waals surface area (Å²) in [5.41, 5.74) is 2.38. The second-order valence-electron chi connectivity index (χ2n) is 5.58. The van der Waals surface area contributed by atoms with E-state index in [1.807, 2.05) is 12.1 Å². The standard InChI is InChI=1S/C17H16ClN3S/c18-13-6-4-12(5-7-13)14-10-22-17-15(14)16(19-11-20-17)21-8-2-1-3-9-21/h4-7,10-11H,1-3,8-9H2. The Morgan fingerprint density at radius 3 is 2.55 bits per heavy atom. The number of benzene rings is 1. The zero-order valence-corrected chi connectivity index (χ0v) is 13.7. The quantitative estimate of drug-likeness (QED) is 0.662. The van der Waals surface area contributed by atoms with Crippen molar-refractivity contribution in [2.75, 3.05) is 18.0 Å². The lowest BCUT2D eigenvalue weighted by Gasteiger charge is -2.28. The zero-order chi connectivity index (χ0) is 14.9. The van der Waals surface area contributed by atoms with Gasteiger partial charge in [-0.15, -0.1) is 11.3 Å². The lowest BCUT2D eigenvalue weighted by atomic mass is 10.1. The van der Waals surface area contributed by atoms with Crippen molar-refractivity contribution in [2.45, 2.75) is 19.3 Å². The minimum atomic E-state index is 0.760. The van der Waals surface area contributed by atoms with Gasteiger partial charge in [0.2, 0.25) is 0 Å². The molecule has 3 aromatic rings. The first kappa shape index (κ1) is 14.0. The van der Waals surface area contributed by atoms with Crippen LogP contribution in [0.15, 0.2) is 36.0 Å². The number of anilines is 1. The summed E-state index contributed by atoms with van der Waals surface area (Å²) < 4.78 is 0. The van der Waals surface area contributed by atoms with Crippen LogP contribution in [0.25, 0.3) is 21.3 Å². The van der Waals surface area contributed by atoms with Crippen molar-refractivity contribution in [1.82, 2.24) is 9.97 Å². The zero-order valence-electron chi connectivity index (χ0n) is 12.1. The molecule has 0 bridgehead atoms. The Balaban J connectivity index is 1.87. The van der Waals surface area contributed by atoms with Gasteiger partial charge in [0.1, 0.15) is 17.0 Å². The summed E-state index contributed by atoms with van der Waals surface area (Å²) in [7, 11) is 0. The average molecular weight is 330 g/mol. The molecule has 5 heteroatoms. The molecule has 0 amide bonds. The number of fused-ring (bicyclic) bond motifs is 1. The Labute approximate surface area is 138 Å². The number of nitrogens with zero attached hydrogens (tertiary/aromatic N) is 3. The van der Waals surface area contributed by atoms with Crippen LogP contribution in [-0.2, 0) is 0 Å².